The Morgan fingerprint density at radius 2 is 1.94 bits per heavy atom. The lowest BCUT2D eigenvalue weighted by Crippen LogP contribution is -2.16. The lowest BCUT2D eigenvalue weighted by Gasteiger charge is -2.09. The third-order valence-corrected chi connectivity index (χ3v) is 3.18. The van der Waals surface area contributed by atoms with Gasteiger partial charge in [0.15, 0.2) is 0 Å². The van der Waals surface area contributed by atoms with Crippen molar-refractivity contribution < 1.29 is 5.11 Å². The van der Waals surface area contributed by atoms with Crippen LogP contribution in [0.25, 0.3) is 0 Å². The summed E-state index contributed by atoms with van der Waals surface area (Å²) in [6, 6.07) is 9.82. The molecule has 0 saturated heterocycles. The first-order chi connectivity index (χ1) is 8.63. The fourth-order valence-electron chi connectivity index (χ4n) is 2.25. The van der Waals surface area contributed by atoms with Crippen LogP contribution in [0.1, 0.15) is 28.6 Å². The van der Waals surface area contributed by atoms with Gasteiger partial charge in [-0.15, -0.1) is 0 Å². The number of aliphatic hydroxyl groups excluding tert-OH is 1. The summed E-state index contributed by atoms with van der Waals surface area (Å²) in [5.74, 6) is 0. The third-order valence-electron chi connectivity index (χ3n) is 3.18. The van der Waals surface area contributed by atoms with Crippen molar-refractivity contribution in [2.24, 2.45) is 5.73 Å². The summed E-state index contributed by atoms with van der Waals surface area (Å²) in [5, 5.41) is 13.7. The summed E-state index contributed by atoms with van der Waals surface area (Å²) in [6.07, 6.45) is 0. The van der Waals surface area contributed by atoms with Gasteiger partial charge in [0.1, 0.15) is 0 Å². The Kier molecular flexibility index (Phi) is 3.79. The van der Waals surface area contributed by atoms with Gasteiger partial charge in [-0.05, 0) is 19.4 Å². The zero-order valence-corrected chi connectivity index (χ0v) is 10.8. The van der Waals surface area contributed by atoms with Gasteiger partial charge < -0.3 is 10.8 Å². The van der Waals surface area contributed by atoms with E-state index in [1.54, 1.807) is 0 Å². The van der Waals surface area contributed by atoms with Crippen molar-refractivity contribution in [2.45, 2.75) is 26.4 Å². The number of benzene rings is 1. The molecule has 4 heteroatoms. The molecule has 1 atom stereocenters. The first kappa shape index (κ1) is 12.8. The largest absolute Gasteiger partial charge is 0.394 e. The van der Waals surface area contributed by atoms with Gasteiger partial charge in [-0.1, -0.05) is 30.3 Å². The Morgan fingerprint density at radius 1 is 1.28 bits per heavy atom. The molecule has 2 aromatic rings. The molecule has 1 aromatic carbocycles. The van der Waals surface area contributed by atoms with Crippen LogP contribution in [0.2, 0.25) is 0 Å². The first-order valence-corrected chi connectivity index (χ1v) is 6.07. The molecule has 0 radical (unpaired) electrons. The lowest BCUT2D eigenvalue weighted by atomic mass is 10.1. The quantitative estimate of drug-likeness (QED) is 0.858. The van der Waals surface area contributed by atoms with Crippen molar-refractivity contribution in [2.75, 3.05) is 6.61 Å². The Morgan fingerprint density at radius 3 is 2.56 bits per heavy atom. The molecule has 0 bridgehead atoms. The molecule has 3 N–H and O–H groups in total. The van der Waals surface area contributed by atoms with Gasteiger partial charge in [0.2, 0.25) is 0 Å². The number of aryl methyl sites for hydroxylation is 1. The van der Waals surface area contributed by atoms with Crippen LogP contribution in [-0.2, 0) is 6.54 Å². The van der Waals surface area contributed by atoms with E-state index >= 15 is 0 Å². The molecule has 0 amide bonds. The van der Waals surface area contributed by atoms with E-state index in [4.69, 9.17) is 5.73 Å². The maximum absolute atomic E-state index is 9.17. The fourth-order valence-corrected chi connectivity index (χ4v) is 2.25. The van der Waals surface area contributed by atoms with Gasteiger partial charge in [0.05, 0.1) is 24.9 Å². The molecule has 0 saturated carbocycles. The molecule has 0 fully saturated rings. The number of aromatic nitrogens is 2. The Labute approximate surface area is 107 Å². The van der Waals surface area contributed by atoms with Crippen LogP contribution in [0.15, 0.2) is 30.3 Å². The molecule has 1 heterocycles. The lowest BCUT2D eigenvalue weighted by molar-refractivity contribution is 0.267. The Hall–Kier alpha value is -1.65. The van der Waals surface area contributed by atoms with E-state index in [2.05, 4.69) is 17.2 Å². The predicted molar refractivity (Wildman–Crippen MR) is 71.3 cm³/mol. The van der Waals surface area contributed by atoms with E-state index in [9.17, 15) is 5.11 Å². The first-order valence-electron chi connectivity index (χ1n) is 6.07. The summed E-state index contributed by atoms with van der Waals surface area (Å²) in [6.45, 7) is 4.59. The van der Waals surface area contributed by atoms with E-state index in [1.807, 2.05) is 36.7 Å². The van der Waals surface area contributed by atoms with Crippen LogP contribution < -0.4 is 5.73 Å². The van der Waals surface area contributed by atoms with E-state index in [0.29, 0.717) is 0 Å². The molecule has 0 spiro atoms. The number of hydrogen-bond donors (Lipinski definition) is 2. The average molecular weight is 245 g/mol. The smallest absolute Gasteiger partial charge is 0.0662 e. The molecule has 2 rings (SSSR count). The summed E-state index contributed by atoms with van der Waals surface area (Å²) >= 11 is 0. The SMILES string of the molecule is Cc1nn(Cc2ccccc2)c(C)c1C(N)CO. The predicted octanol–water partition coefficient (Wildman–Crippen LogP) is 1.54. The number of rotatable bonds is 4. The van der Waals surface area contributed by atoms with Crippen molar-refractivity contribution in [3.8, 4) is 0 Å². The van der Waals surface area contributed by atoms with Gasteiger partial charge in [-0.3, -0.25) is 4.68 Å². The maximum atomic E-state index is 9.17. The second kappa shape index (κ2) is 5.33. The van der Waals surface area contributed by atoms with Crippen LogP contribution in [-0.4, -0.2) is 21.5 Å². The molecule has 0 aliphatic rings. The van der Waals surface area contributed by atoms with E-state index < -0.39 is 0 Å². The molecule has 1 aromatic heterocycles. The molecule has 0 aliphatic carbocycles. The summed E-state index contributed by atoms with van der Waals surface area (Å²) in [7, 11) is 0. The molecule has 1 unspecified atom stereocenters. The third kappa shape index (κ3) is 2.44. The molecule has 18 heavy (non-hydrogen) atoms. The molecule has 4 nitrogen and oxygen atoms in total. The number of nitrogens with zero attached hydrogens (tertiary/aromatic N) is 2. The Balaban J connectivity index is 2.30. The molecule has 0 aliphatic heterocycles. The van der Waals surface area contributed by atoms with Crippen molar-refractivity contribution in [3.63, 3.8) is 0 Å². The van der Waals surface area contributed by atoms with Gasteiger partial charge in [-0.25, -0.2) is 0 Å². The molecular formula is C14H19N3O. The monoisotopic (exact) mass is 245 g/mol. The maximum Gasteiger partial charge on any atom is 0.0662 e. The van der Waals surface area contributed by atoms with Crippen LogP contribution in [0.3, 0.4) is 0 Å². The van der Waals surface area contributed by atoms with Crippen molar-refractivity contribution in [1.82, 2.24) is 9.78 Å². The number of hydrogen-bond acceptors (Lipinski definition) is 3. The average Bonchev–Trinajstić information content (AvgIpc) is 2.65. The van der Waals surface area contributed by atoms with Crippen molar-refractivity contribution >= 4 is 0 Å². The standard InChI is InChI=1S/C14H19N3O/c1-10-14(13(15)9-18)11(2)17(16-10)8-12-6-4-3-5-7-12/h3-7,13,18H,8-9,15H2,1-2H3. The fraction of sp³-hybridized carbons (Fsp3) is 0.357. The normalized spacial score (nSPS) is 12.7. The summed E-state index contributed by atoms with van der Waals surface area (Å²) in [4.78, 5) is 0. The minimum Gasteiger partial charge on any atom is -0.394 e. The molecule has 96 valence electrons. The second-order valence-electron chi connectivity index (χ2n) is 4.52. The minimum absolute atomic E-state index is 0.0568. The van der Waals surface area contributed by atoms with Gasteiger partial charge in [-0.2, -0.15) is 5.10 Å². The molecular weight excluding hydrogens is 226 g/mol. The number of aliphatic hydroxyl groups is 1. The second-order valence-corrected chi connectivity index (χ2v) is 4.52. The zero-order chi connectivity index (χ0) is 13.1. The van der Waals surface area contributed by atoms with Crippen molar-refractivity contribution in [1.29, 1.82) is 0 Å². The highest BCUT2D eigenvalue weighted by Crippen LogP contribution is 2.20. The topological polar surface area (TPSA) is 64.1 Å². The Bertz CT molecular complexity index is 519. The highest BCUT2D eigenvalue weighted by molar-refractivity contribution is 5.29. The van der Waals surface area contributed by atoms with E-state index in [0.717, 1.165) is 23.5 Å². The van der Waals surface area contributed by atoms with E-state index in [-0.39, 0.29) is 12.6 Å². The zero-order valence-electron chi connectivity index (χ0n) is 10.8. The minimum atomic E-state index is -0.352. The summed E-state index contributed by atoms with van der Waals surface area (Å²) in [5.41, 5.74) is 9.97. The van der Waals surface area contributed by atoms with E-state index in [1.165, 1.54) is 5.56 Å². The van der Waals surface area contributed by atoms with Crippen LogP contribution in [0, 0.1) is 13.8 Å². The number of nitrogens with two attached hydrogens (primary N) is 1. The highest BCUT2D eigenvalue weighted by atomic mass is 16.3. The summed E-state index contributed by atoms with van der Waals surface area (Å²) < 4.78 is 1.94. The van der Waals surface area contributed by atoms with Crippen LogP contribution in [0.5, 0.6) is 0 Å². The van der Waals surface area contributed by atoms with Gasteiger partial charge in [0.25, 0.3) is 0 Å². The van der Waals surface area contributed by atoms with Gasteiger partial charge >= 0.3 is 0 Å². The van der Waals surface area contributed by atoms with Crippen LogP contribution >= 0.6 is 0 Å². The van der Waals surface area contributed by atoms with Crippen LogP contribution in [0.4, 0.5) is 0 Å². The van der Waals surface area contributed by atoms with Gasteiger partial charge in [0, 0.05) is 11.3 Å². The van der Waals surface area contributed by atoms with Crippen molar-refractivity contribution in [3.05, 3.63) is 52.8 Å². The highest BCUT2D eigenvalue weighted by Gasteiger charge is 2.17.